The maximum atomic E-state index is 14.0. The normalized spacial score (nSPS) is 17.2. The number of hydrogen-bond donors (Lipinski definition) is 1. The molecule has 1 amide bonds. The number of nitrogens with one attached hydrogen (secondary N) is 1. The number of rotatable bonds is 6. The number of imidazole rings is 1. The first-order valence-electron chi connectivity index (χ1n) is 13.2. The van der Waals surface area contributed by atoms with Crippen LogP contribution in [0.25, 0.3) is 17.0 Å². The number of amides is 1. The average Bonchev–Trinajstić information content (AvgIpc) is 3.32. The molecule has 0 spiro atoms. The third kappa shape index (κ3) is 6.35. The third-order valence-electron chi connectivity index (χ3n) is 6.70. The molecule has 39 heavy (non-hydrogen) atoms. The van der Waals surface area contributed by atoms with E-state index in [0.29, 0.717) is 68.9 Å². The van der Waals surface area contributed by atoms with E-state index in [-0.39, 0.29) is 18.0 Å². The Labute approximate surface area is 225 Å². The molecule has 0 radical (unpaired) electrons. The van der Waals surface area contributed by atoms with Crippen molar-refractivity contribution in [1.82, 2.24) is 29.4 Å². The van der Waals surface area contributed by atoms with E-state index >= 15 is 0 Å². The molecular weight excluding hydrogens is 510 g/mol. The highest BCUT2D eigenvalue weighted by Crippen LogP contribution is 2.28. The summed E-state index contributed by atoms with van der Waals surface area (Å²) < 4.78 is 40.3. The number of piperidine rings is 1. The van der Waals surface area contributed by atoms with Crippen LogP contribution in [0.1, 0.15) is 45.9 Å². The molecular formula is C26H34F2N8O3. The van der Waals surface area contributed by atoms with E-state index in [1.807, 2.05) is 25.7 Å². The van der Waals surface area contributed by atoms with Crippen LogP contribution in [0.5, 0.6) is 0 Å². The highest BCUT2D eigenvalue weighted by Gasteiger charge is 2.28. The molecule has 2 aromatic heterocycles. The SMILES string of the molecule is CC(C)(C)OC(=O)N1CCC(CNc2nc(N3CCOCC3)nc(-n3c(C(F)F)nc4ccccc43)n2)CC1. The van der Waals surface area contributed by atoms with E-state index in [2.05, 4.69) is 25.3 Å². The smallest absolute Gasteiger partial charge is 0.410 e. The second-order valence-corrected chi connectivity index (χ2v) is 10.7. The summed E-state index contributed by atoms with van der Waals surface area (Å²) in [5.74, 6) is 0.632. The van der Waals surface area contributed by atoms with Crippen molar-refractivity contribution in [3.8, 4) is 5.95 Å². The van der Waals surface area contributed by atoms with Gasteiger partial charge in [-0.3, -0.25) is 4.57 Å². The number of halogens is 2. The molecule has 2 saturated heterocycles. The summed E-state index contributed by atoms with van der Waals surface area (Å²) in [5, 5.41) is 3.30. The molecule has 5 rings (SSSR count). The van der Waals surface area contributed by atoms with E-state index in [4.69, 9.17) is 9.47 Å². The van der Waals surface area contributed by atoms with Gasteiger partial charge in [0.2, 0.25) is 17.8 Å². The Bertz CT molecular complexity index is 1300. The van der Waals surface area contributed by atoms with Crippen molar-refractivity contribution >= 4 is 29.0 Å². The molecule has 210 valence electrons. The molecule has 2 aliphatic rings. The summed E-state index contributed by atoms with van der Waals surface area (Å²) >= 11 is 0. The van der Waals surface area contributed by atoms with Crippen LogP contribution in [-0.4, -0.2) is 87.0 Å². The second kappa shape index (κ2) is 11.2. The van der Waals surface area contributed by atoms with E-state index in [0.717, 1.165) is 12.8 Å². The lowest BCUT2D eigenvalue weighted by Gasteiger charge is -2.33. The quantitative estimate of drug-likeness (QED) is 0.491. The largest absolute Gasteiger partial charge is 0.444 e. The van der Waals surface area contributed by atoms with Gasteiger partial charge in [-0.05, 0) is 51.7 Å². The second-order valence-electron chi connectivity index (χ2n) is 10.7. The summed E-state index contributed by atoms with van der Waals surface area (Å²) in [6.45, 7) is 9.54. The van der Waals surface area contributed by atoms with Gasteiger partial charge >= 0.3 is 6.09 Å². The molecule has 0 saturated carbocycles. The first kappa shape index (κ1) is 27.0. The molecule has 2 fully saturated rings. The van der Waals surface area contributed by atoms with Gasteiger partial charge in [0.05, 0.1) is 24.2 Å². The molecule has 0 atom stereocenters. The lowest BCUT2D eigenvalue weighted by molar-refractivity contribution is 0.0188. The zero-order chi connectivity index (χ0) is 27.6. The number of anilines is 2. The Morgan fingerprint density at radius 3 is 2.44 bits per heavy atom. The van der Waals surface area contributed by atoms with Crippen molar-refractivity contribution in [2.24, 2.45) is 5.92 Å². The van der Waals surface area contributed by atoms with E-state index in [9.17, 15) is 13.6 Å². The number of hydrogen-bond acceptors (Lipinski definition) is 9. The van der Waals surface area contributed by atoms with Crippen LogP contribution in [0.3, 0.4) is 0 Å². The summed E-state index contributed by atoms with van der Waals surface area (Å²) in [6, 6.07) is 6.92. The van der Waals surface area contributed by atoms with Gasteiger partial charge in [-0.25, -0.2) is 18.6 Å². The fourth-order valence-electron chi connectivity index (χ4n) is 4.72. The standard InChI is InChI=1S/C26H34F2N8O3/c1-26(2,3)39-25(37)35-10-8-17(9-11-35)16-29-22-31-23(34-12-14-38-15-13-34)33-24(32-22)36-19-7-5-4-6-18(19)30-21(36)20(27)28/h4-7,17,20H,8-16H2,1-3H3,(H,29,31,32,33). The molecule has 11 nitrogen and oxygen atoms in total. The van der Waals surface area contributed by atoms with Crippen molar-refractivity contribution in [3.05, 3.63) is 30.1 Å². The van der Waals surface area contributed by atoms with Gasteiger partial charge in [0.15, 0.2) is 5.82 Å². The highest BCUT2D eigenvalue weighted by molar-refractivity contribution is 5.77. The van der Waals surface area contributed by atoms with Crippen LogP contribution in [0.4, 0.5) is 25.5 Å². The average molecular weight is 545 g/mol. The predicted octanol–water partition coefficient (Wildman–Crippen LogP) is 4.04. The number of aromatic nitrogens is 5. The Kier molecular flexibility index (Phi) is 7.78. The van der Waals surface area contributed by atoms with Gasteiger partial charge in [-0.15, -0.1) is 0 Å². The molecule has 1 N–H and O–H groups in total. The number of ether oxygens (including phenoxy) is 2. The van der Waals surface area contributed by atoms with Crippen LogP contribution < -0.4 is 10.2 Å². The number of benzene rings is 1. The fraction of sp³-hybridized carbons (Fsp3) is 0.577. The van der Waals surface area contributed by atoms with Crippen LogP contribution >= 0.6 is 0 Å². The molecule has 1 aromatic carbocycles. The maximum absolute atomic E-state index is 14.0. The Morgan fingerprint density at radius 1 is 1.05 bits per heavy atom. The number of fused-ring (bicyclic) bond motifs is 1. The minimum absolute atomic E-state index is 0.0812. The van der Waals surface area contributed by atoms with Gasteiger partial charge in [0.1, 0.15) is 5.60 Å². The van der Waals surface area contributed by atoms with Crippen molar-refractivity contribution < 1.29 is 23.0 Å². The number of alkyl halides is 2. The van der Waals surface area contributed by atoms with Gasteiger partial charge in [0.25, 0.3) is 6.43 Å². The zero-order valence-corrected chi connectivity index (χ0v) is 22.4. The highest BCUT2D eigenvalue weighted by atomic mass is 19.3. The predicted molar refractivity (Wildman–Crippen MR) is 141 cm³/mol. The van der Waals surface area contributed by atoms with Crippen molar-refractivity contribution in [3.63, 3.8) is 0 Å². The number of para-hydroxylation sites is 2. The molecule has 0 unspecified atom stereocenters. The monoisotopic (exact) mass is 544 g/mol. The van der Waals surface area contributed by atoms with Gasteiger partial charge in [-0.2, -0.15) is 15.0 Å². The van der Waals surface area contributed by atoms with Crippen molar-refractivity contribution in [2.75, 3.05) is 56.2 Å². The van der Waals surface area contributed by atoms with Crippen LogP contribution in [-0.2, 0) is 9.47 Å². The molecule has 3 aromatic rings. The van der Waals surface area contributed by atoms with E-state index in [1.165, 1.54) is 4.57 Å². The number of likely N-dealkylation sites (tertiary alicyclic amines) is 1. The summed E-state index contributed by atoms with van der Waals surface area (Å²) in [5.41, 5.74) is 0.397. The Balaban J connectivity index is 1.37. The van der Waals surface area contributed by atoms with Crippen LogP contribution in [0.15, 0.2) is 24.3 Å². The number of carbonyl (C=O) groups is 1. The summed E-state index contributed by atoms with van der Waals surface area (Å²) in [6.07, 6.45) is -1.52. The van der Waals surface area contributed by atoms with Crippen molar-refractivity contribution in [2.45, 2.75) is 45.6 Å². The topological polar surface area (TPSA) is 111 Å². The number of nitrogens with zero attached hydrogens (tertiary/aromatic N) is 7. The lowest BCUT2D eigenvalue weighted by atomic mass is 9.97. The van der Waals surface area contributed by atoms with Gasteiger partial charge < -0.3 is 24.6 Å². The Morgan fingerprint density at radius 2 is 1.74 bits per heavy atom. The number of morpholine rings is 1. The van der Waals surface area contributed by atoms with Gasteiger partial charge in [0, 0.05) is 32.7 Å². The zero-order valence-electron chi connectivity index (χ0n) is 22.4. The third-order valence-corrected chi connectivity index (χ3v) is 6.70. The maximum Gasteiger partial charge on any atom is 0.410 e. The molecule has 2 aliphatic heterocycles. The van der Waals surface area contributed by atoms with Crippen LogP contribution in [0, 0.1) is 5.92 Å². The molecule has 0 aliphatic carbocycles. The fourth-order valence-corrected chi connectivity index (χ4v) is 4.72. The minimum atomic E-state index is -2.81. The Hall–Kier alpha value is -3.61. The first-order chi connectivity index (χ1) is 18.7. The van der Waals surface area contributed by atoms with E-state index in [1.54, 1.807) is 29.2 Å². The summed E-state index contributed by atoms with van der Waals surface area (Å²) in [7, 11) is 0. The lowest BCUT2D eigenvalue weighted by Crippen LogP contribution is -2.42. The molecule has 13 heteroatoms. The first-order valence-corrected chi connectivity index (χ1v) is 13.2. The van der Waals surface area contributed by atoms with Crippen molar-refractivity contribution in [1.29, 1.82) is 0 Å². The van der Waals surface area contributed by atoms with E-state index < -0.39 is 17.9 Å². The number of carbonyl (C=O) groups excluding carboxylic acids is 1. The van der Waals surface area contributed by atoms with Gasteiger partial charge in [-0.1, -0.05) is 12.1 Å². The molecule has 0 bridgehead atoms. The minimum Gasteiger partial charge on any atom is -0.444 e. The molecule has 4 heterocycles. The summed E-state index contributed by atoms with van der Waals surface area (Å²) in [4.78, 5) is 34.0. The van der Waals surface area contributed by atoms with Crippen LogP contribution in [0.2, 0.25) is 0 Å².